The van der Waals surface area contributed by atoms with Crippen LogP contribution in [0, 0.1) is 0 Å². The van der Waals surface area contributed by atoms with E-state index >= 15 is 0 Å². The Labute approximate surface area is 120 Å². The molecule has 1 aliphatic rings. The van der Waals surface area contributed by atoms with Crippen LogP contribution in [0.5, 0.6) is 5.75 Å². The fourth-order valence-corrected chi connectivity index (χ4v) is 2.97. The number of rotatable bonds is 2. The van der Waals surface area contributed by atoms with Crippen molar-refractivity contribution >= 4 is 17.6 Å². The number of aromatic nitrogens is 2. The van der Waals surface area contributed by atoms with Gasteiger partial charge in [-0.05, 0) is 37.1 Å². The number of carbonyl (C=O) groups is 1. The summed E-state index contributed by atoms with van der Waals surface area (Å²) in [5.41, 5.74) is 1.38. The number of fused-ring (bicyclic) bond motifs is 1. The van der Waals surface area contributed by atoms with Crippen LogP contribution in [0.2, 0.25) is 5.15 Å². The van der Waals surface area contributed by atoms with Crippen molar-refractivity contribution < 1.29 is 15.0 Å². The number of hydrogen-bond acceptors (Lipinski definition) is 3. The van der Waals surface area contributed by atoms with E-state index in [1.165, 1.54) is 0 Å². The highest BCUT2D eigenvalue weighted by Crippen LogP contribution is 2.37. The molecule has 1 unspecified atom stereocenters. The fraction of sp³-hybridized carbons (Fsp3) is 0.286. The Balaban J connectivity index is 2.13. The molecule has 1 atom stereocenters. The summed E-state index contributed by atoms with van der Waals surface area (Å²) in [7, 11) is 0. The molecule has 1 aromatic carbocycles. The molecule has 2 heterocycles. The highest BCUT2D eigenvalue weighted by molar-refractivity contribution is 6.30. The Kier molecular flexibility index (Phi) is 3.14. The van der Waals surface area contributed by atoms with Crippen LogP contribution in [0.1, 0.15) is 24.5 Å². The lowest BCUT2D eigenvalue weighted by atomic mass is 9.96. The first-order valence-electron chi connectivity index (χ1n) is 6.36. The van der Waals surface area contributed by atoms with Crippen LogP contribution in [-0.2, 0) is 11.3 Å². The third kappa shape index (κ3) is 2.04. The number of carboxylic acids is 1. The number of halogens is 1. The van der Waals surface area contributed by atoms with Crippen molar-refractivity contribution in [2.45, 2.75) is 25.3 Å². The van der Waals surface area contributed by atoms with Gasteiger partial charge in [0.25, 0.3) is 0 Å². The molecule has 0 aliphatic carbocycles. The van der Waals surface area contributed by atoms with Crippen LogP contribution < -0.4 is 0 Å². The molecule has 1 aromatic heterocycles. The van der Waals surface area contributed by atoms with Gasteiger partial charge in [0.2, 0.25) is 0 Å². The second kappa shape index (κ2) is 4.83. The summed E-state index contributed by atoms with van der Waals surface area (Å²) in [4.78, 5) is 15.6. The third-order valence-corrected chi connectivity index (χ3v) is 3.87. The second-order valence-corrected chi connectivity index (χ2v) is 5.20. The van der Waals surface area contributed by atoms with E-state index < -0.39 is 11.9 Å². The van der Waals surface area contributed by atoms with Crippen molar-refractivity contribution in [2.24, 2.45) is 0 Å². The minimum atomic E-state index is -0.870. The summed E-state index contributed by atoms with van der Waals surface area (Å²) >= 11 is 6.14. The molecule has 0 fully saturated rings. The zero-order valence-electron chi connectivity index (χ0n) is 10.6. The average Bonchev–Trinajstić information content (AvgIpc) is 2.77. The van der Waals surface area contributed by atoms with Crippen molar-refractivity contribution in [1.29, 1.82) is 0 Å². The van der Waals surface area contributed by atoms with Gasteiger partial charge in [0, 0.05) is 12.1 Å². The highest BCUT2D eigenvalue weighted by Gasteiger charge is 2.32. The predicted octanol–water partition coefficient (Wildman–Crippen LogP) is 2.87. The highest BCUT2D eigenvalue weighted by atomic mass is 35.5. The number of phenols is 1. The number of hydrogen-bond donors (Lipinski definition) is 2. The van der Waals surface area contributed by atoms with Crippen molar-refractivity contribution in [2.75, 3.05) is 0 Å². The van der Waals surface area contributed by atoms with E-state index in [1.54, 1.807) is 24.3 Å². The zero-order valence-corrected chi connectivity index (χ0v) is 11.3. The summed E-state index contributed by atoms with van der Waals surface area (Å²) in [5.74, 6) is -0.649. The van der Waals surface area contributed by atoms with Crippen molar-refractivity contribution in [3.05, 3.63) is 35.1 Å². The van der Waals surface area contributed by atoms with Gasteiger partial charge in [-0.3, -0.25) is 4.79 Å². The smallest absolute Gasteiger partial charge is 0.312 e. The van der Waals surface area contributed by atoms with Gasteiger partial charge in [0.1, 0.15) is 17.5 Å². The lowest BCUT2D eigenvalue weighted by molar-refractivity contribution is -0.139. The lowest BCUT2D eigenvalue weighted by Crippen LogP contribution is -2.22. The first-order chi connectivity index (χ1) is 9.58. The number of phenolic OH excluding ortho intramolecular Hbond substituents is 1. The quantitative estimate of drug-likeness (QED) is 0.892. The Hall–Kier alpha value is -2.01. The molecule has 2 aromatic rings. The van der Waals surface area contributed by atoms with Crippen LogP contribution in [0.25, 0.3) is 11.4 Å². The van der Waals surface area contributed by atoms with Gasteiger partial charge in [0.15, 0.2) is 5.15 Å². The molecule has 0 bridgehead atoms. The molecule has 0 amide bonds. The van der Waals surface area contributed by atoms with Crippen LogP contribution in [0.4, 0.5) is 0 Å². The lowest BCUT2D eigenvalue weighted by Gasteiger charge is -2.22. The molecular formula is C14H13ClN2O3. The van der Waals surface area contributed by atoms with Gasteiger partial charge in [-0.25, -0.2) is 4.98 Å². The van der Waals surface area contributed by atoms with Gasteiger partial charge in [-0.2, -0.15) is 0 Å². The van der Waals surface area contributed by atoms with E-state index in [-0.39, 0.29) is 10.9 Å². The van der Waals surface area contributed by atoms with Gasteiger partial charge in [0.05, 0.1) is 5.69 Å². The van der Waals surface area contributed by atoms with Crippen LogP contribution in [0.3, 0.4) is 0 Å². The van der Waals surface area contributed by atoms with Gasteiger partial charge < -0.3 is 14.8 Å². The largest absolute Gasteiger partial charge is 0.508 e. The van der Waals surface area contributed by atoms with Crippen LogP contribution >= 0.6 is 11.6 Å². The van der Waals surface area contributed by atoms with Crippen molar-refractivity contribution in [1.82, 2.24) is 9.55 Å². The molecule has 2 N–H and O–H groups in total. The summed E-state index contributed by atoms with van der Waals surface area (Å²) in [6, 6.07) is 6.63. The van der Waals surface area contributed by atoms with E-state index in [1.807, 2.05) is 4.57 Å². The summed E-state index contributed by atoms with van der Waals surface area (Å²) in [6.07, 6.45) is 1.36. The molecule has 0 saturated carbocycles. The summed E-state index contributed by atoms with van der Waals surface area (Å²) in [6.45, 7) is 0.703. The topological polar surface area (TPSA) is 75.3 Å². The molecule has 104 valence electrons. The first kappa shape index (κ1) is 13.0. The SMILES string of the molecule is O=C(O)C1CCCn2c(-c3ccc(O)cc3)nc(Cl)c21. The number of benzene rings is 1. The Morgan fingerprint density at radius 3 is 2.70 bits per heavy atom. The number of carboxylic acid groups (broad SMARTS) is 1. The first-order valence-corrected chi connectivity index (χ1v) is 6.74. The Morgan fingerprint density at radius 2 is 2.05 bits per heavy atom. The maximum Gasteiger partial charge on any atom is 0.312 e. The van der Waals surface area contributed by atoms with Gasteiger partial charge >= 0.3 is 5.97 Å². The monoisotopic (exact) mass is 292 g/mol. The van der Waals surface area contributed by atoms with E-state index in [0.29, 0.717) is 24.5 Å². The van der Waals surface area contributed by atoms with Crippen molar-refractivity contribution in [3.8, 4) is 17.1 Å². The summed E-state index contributed by atoms with van der Waals surface area (Å²) < 4.78 is 1.87. The van der Waals surface area contributed by atoms with E-state index in [4.69, 9.17) is 11.6 Å². The predicted molar refractivity (Wildman–Crippen MR) is 73.9 cm³/mol. The van der Waals surface area contributed by atoms with Crippen molar-refractivity contribution in [3.63, 3.8) is 0 Å². The van der Waals surface area contributed by atoms with E-state index in [9.17, 15) is 15.0 Å². The third-order valence-electron chi connectivity index (χ3n) is 3.59. The number of imidazole rings is 1. The molecule has 0 saturated heterocycles. The van der Waals surface area contributed by atoms with Crippen LogP contribution in [0.15, 0.2) is 24.3 Å². The zero-order chi connectivity index (χ0) is 14.3. The number of aliphatic carboxylic acids is 1. The minimum absolute atomic E-state index is 0.175. The Morgan fingerprint density at radius 1 is 1.35 bits per heavy atom. The van der Waals surface area contributed by atoms with Gasteiger partial charge in [-0.1, -0.05) is 11.6 Å². The second-order valence-electron chi connectivity index (χ2n) is 4.84. The minimum Gasteiger partial charge on any atom is -0.508 e. The molecule has 3 rings (SSSR count). The summed E-state index contributed by atoms with van der Waals surface area (Å²) in [5, 5.41) is 18.9. The van der Waals surface area contributed by atoms with E-state index in [2.05, 4.69) is 4.98 Å². The molecule has 20 heavy (non-hydrogen) atoms. The van der Waals surface area contributed by atoms with E-state index in [0.717, 1.165) is 12.0 Å². The molecule has 5 nitrogen and oxygen atoms in total. The molecule has 1 aliphatic heterocycles. The maximum absolute atomic E-state index is 11.3. The van der Waals surface area contributed by atoms with Gasteiger partial charge in [-0.15, -0.1) is 0 Å². The maximum atomic E-state index is 11.3. The molecular weight excluding hydrogens is 280 g/mol. The molecule has 0 spiro atoms. The average molecular weight is 293 g/mol. The fourth-order valence-electron chi connectivity index (χ4n) is 2.66. The number of aromatic hydroxyl groups is 1. The normalized spacial score (nSPS) is 17.8. The number of nitrogens with zero attached hydrogens (tertiary/aromatic N) is 2. The molecule has 6 heteroatoms. The molecule has 0 radical (unpaired) electrons. The van der Waals surface area contributed by atoms with Crippen LogP contribution in [-0.4, -0.2) is 25.7 Å². The standard InChI is InChI=1S/C14H13ClN2O3/c15-12-11-10(14(19)20)2-1-7-17(11)13(16-12)8-3-5-9(18)6-4-8/h3-6,10,18H,1-2,7H2,(H,19,20). The Bertz CT molecular complexity index is 664.